The van der Waals surface area contributed by atoms with Gasteiger partial charge in [0.05, 0.1) is 0 Å². The summed E-state index contributed by atoms with van der Waals surface area (Å²) in [5, 5.41) is 2.55. The van der Waals surface area contributed by atoms with Crippen molar-refractivity contribution in [3.05, 3.63) is 91.1 Å². The summed E-state index contributed by atoms with van der Waals surface area (Å²) in [4.78, 5) is 0. The lowest BCUT2D eigenvalue weighted by Crippen LogP contribution is -2.11. The number of hydrogen-bond acceptors (Lipinski definition) is 0. The highest BCUT2D eigenvalue weighted by molar-refractivity contribution is 5.90. The number of benzene rings is 2. The summed E-state index contributed by atoms with van der Waals surface area (Å²) >= 11 is 0. The Morgan fingerprint density at radius 2 is 1.77 bits per heavy atom. The number of fused-ring (bicyclic) bond motifs is 1. The minimum atomic E-state index is 0.207. The van der Waals surface area contributed by atoms with Crippen molar-refractivity contribution < 1.29 is 0 Å². The first-order valence-electron chi connectivity index (χ1n) is 7.67. The van der Waals surface area contributed by atoms with Gasteiger partial charge >= 0.3 is 0 Å². The van der Waals surface area contributed by atoms with Gasteiger partial charge in [0.2, 0.25) is 0 Å². The fourth-order valence-corrected chi connectivity index (χ4v) is 2.72. The van der Waals surface area contributed by atoms with Crippen LogP contribution >= 0.6 is 0 Å². The average molecular weight is 288 g/mol. The largest absolute Gasteiger partial charge is 0.102 e. The molecule has 0 heteroatoms. The smallest absolute Gasteiger partial charge is 0.00702 e. The van der Waals surface area contributed by atoms with Gasteiger partial charge in [-0.2, -0.15) is 0 Å². The maximum Gasteiger partial charge on any atom is 0.00702 e. The molecular formula is C22H24. The second kappa shape index (κ2) is 7.09. The van der Waals surface area contributed by atoms with E-state index in [1.807, 2.05) is 12.2 Å². The maximum atomic E-state index is 3.81. The molecule has 0 nitrogen and oxygen atoms in total. The van der Waals surface area contributed by atoms with Crippen molar-refractivity contribution in [2.45, 2.75) is 20.3 Å². The van der Waals surface area contributed by atoms with Crippen LogP contribution in [0.4, 0.5) is 0 Å². The molecular weight excluding hydrogens is 264 g/mol. The van der Waals surface area contributed by atoms with Crippen LogP contribution in [0.5, 0.6) is 0 Å². The van der Waals surface area contributed by atoms with Crippen molar-refractivity contribution in [2.75, 3.05) is 0 Å². The van der Waals surface area contributed by atoms with E-state index in [9.17, 15) is 0 Å². The van der Waals surface area contributed by atoms with Gasteiger partial charge in [0, 0.05) is 5.41 Å². The van der Waals surface area contributed by atoms with Crippen LogP contribution < -0.4 is 0 Å². The third kappa shape index (κ3) is 3.85. The van der Waals surface area contributed by atoms with Crippen molar-refractivity contribution in [3.63, 3.8) is 0 Å². The summed E-state index contributed by atoms with van der Waals surface area (Å²) in [7, 11) is 0. The number of hydrogen-bond donors (Lipinski definition) is 0. The molecule has 0 aromatic heterocycles. The summed E-state index contributed by atoms with van der Waals surface area (Å²) in [6.07, 6.45) is 11.5. The first-order chi connectivity index (χ1) is 10.6. The Labute approximate surface area is 134 Å². The Balaban J connectivity index is 0.000000164. The highest BCUT2D eigenvalue weighted by atomic mass is 14.2. The van der Waals surface area contributed by atoms with E-state index in [0.717, 1.165) is 6.42 Å². The van der Waals surface area contributed by atoms with E-state index in [4.69, 9.17) is 0 Å². The highest BCUT2D eigenvalue weighted by Gasteiger charge is 2.18. The van der Waals surface area contributed by atoms with Crippen molar-refractivity contribution in [1.29, 1.82) is 0 Å². The normalized spacial score (nSPS) is 19.8. The van der Waals surface area contributed by atoms with Gasteiger partial charge in [-0.05, 0) is 29.7 Å². The lowest BCUT2D eigenvalue weighted by molar-refractivity contribution is 0.540. The summed E-state index contributed by atoms with van der Waals surface area (Å²) in [5.41, 5.74) is 2.84. The number of allylic oxidation sites excluding steroid dienone is 5. The molecule has 2 aromatic carbocycles. The molecule has 1 aliphatic rings. The Kier molecular flexibility index (Phi) is 5.16. The molecule has 0 bridgehead atoms. The zero-order chi connectivity index (χ0) is 16.0. The van der Waals surface area contributed by atoms with E-state index < -0.39 is 0 Å². The summed E-state index contributed by atoms with van der Waals surface area (Å²) < 4.78 is 0. The van der Waals surface area contributed by atoms with Crippen LogP contribution in [0, 0.1) is 5.41 Å². The molecule has 0 N–H and O–H groups in total. The molecule has 0 saturated carbocycles. The molecule has 1 atom stereocenters. The molecule has 0 amide bonds. The lowest BCUT2D eigenvalue weighted by Gasteiger charge is -2.24. The van der Waals surface area contributed by atoms with Gasteiger partial charge in [-0.1, -0.05) is 91.9 Å². The van der Waals surface area contributed by atoms with Crippen LogP contribution in [-0.4, -0.2) is 0 Å². The van der Waals surface area contributed by atoms with E-state index in [2.05, 4.69) is 87.7 Å². The van der Waals surface area contributed by atoms with E-state index in [-0.39, 0.29) is 5.41 Å². The van der Waals surface area contributed by atoms with Gasteiger partial charge in [-0.25, -0.2) is 0 Å². The molecule has 3 rings (SSSR count). The molecule has 0 spiro atoms. The first-order valence-corrected chi connectivity index (χ1v) is 7.67. The molecule has 0 heterocycles. The van der Waals surface area contributed by atoms with Crippen LogP contribution in [0.25, 0.3) is 16.8 Å². The third-order valence-corrected chi connectivity index (χ3v) is 4.03. The zero-order valence-electron chi connectivity index (χ0n) is 13.5. The van der Waals surface area contributed by atoms with E-state index in [1.54, 1.807) is 0 Å². The molecule has 0 fully saturated rings. The van der Waals surface area contributed by atoms with Gasteiger partial charge in [-0.3, -0.25) is 0 Å². The monoisotopic (exact) mass is 288 g/mol. The van der Waals surface area contributed by atoms with Crippen LogP contribution in [0.3, 0.4) is 0 Å². The van der Waals surface area contributed by atoms with E-state index in [1.165, 1.54) is 21.9 Å². The van der Waals surface area contributed by atoms with Crippen molar-refractivity contribution >= 4 is 16.8 Å². The molecule has 0 aliphatic heterocycles. The second-order valence-electron chi connectivity index (χ2n) is 6.03. The zero-order valence-corrected chi connectivity index (χ0v) is 13.5. The Bertz CT molecular complexity index is 725. The minimum absolute atomic E-state index is 0.207. The molecule has 112 valence electrons. The quantitative estimate of drug-likeness (QED) is 0.548. The van der Waals surface area contributed by atoms with Crippen molar-refractivity contribution in [2.24, 2.45) is 5.41 Å². The second-order valence-corrected chi connectivity index (χ2v) is 6.03. The average Bonchev–Trinajstić information content (AvgIpc) is 2.55. The van der Waals surface area contributed by atoms with E-state index in [0.29, 0.717) is 0 Å². The van der Waals surface area contributed by atoms with Crippen LogP contribution in [-0.2, 0) is 0 Å². The molecule has 22 heavy (non-hydrogen) atoms. The summed E-state index contributed by atoms with van der Waals surface area (Å²) in [6.45, 7) is 12.0. The molecule has 1 unspecified atom stereocenters. The minimum Gasteiger partial charge on any atom is -0.102 e. The SMILES string of the molecule is C=CC1(C)C=CC=C(C)C1.C=Cc1cccc2ccccc12. The predicted molar refractivity (Wildman–Crippen MR) is 99.9 cm³/mol. The van der Waals surface area contributed by atoms with Gasteiger partial charge < -0.3 is 0 Å². The van der Waals surface area contributed by atoms with Crippen molar-refractivity contribution in [3.8, 4) is 0 Å². The molecule has 0 radical (unpaired) electrons. The Hall–Kier alpha value is -2.34. The molecule has 2 aromatic rings. The fraction of sp³-hybridized carbons (Fsp3) is 0.182. The first kappa shape index (κ1) is 16.0. The molecule has 1 aliphatic carbocycles. The Morgan fingerprint density at radius 3 is 2.41 bits per heavy atom. The van der Waals surface area contributed by atoms with Gasteiger partial charge in [-0.15, -0.1) is 6.58 Å². The fourth-order valence-electron chi connectivity index (χ4n) is 2.72. The van der Waals surface area contributed by atoms with Gasteiger partial charge in [0.1, 0.15) is 0 Å². The van der Waals surface area contributed by atoms with Crippen LogP contribution in [0.2, 0.25) is 0 Å². The van der Waals surface area contributed by atoms with Crippen molar-refractivity contribution in [1.82, 2.24) is 0 Å². The lowest BCUT2D eigenvalue weighted by atomic mass is 9.81. The standard InChI is InChI=1S/C12H10.C10H14/c1-2-10-7-5-8-11-6-3-4-9-12(10)11;1-4-10(3)7-5-6-9(2)8-10/h2-9H,1H2;4-7H,1,8H2,2-3H3. The summed E-state index contributed by atoms with van der Waals surface area (Å²) in [5.74, 6) is 0. The van der Waals surface area contributed by atoms with Crippen LogP contribution in [0.1, 0.15) is 25.8 Å². The van der Waals surface area contributed by atoms with E-state index >= 15 is 0 Å². The van der Waals surface area contributed by atoms with Gasteiger partial charge in [0.25, 0.3) is 0 Å². The summed E-state index contributed by atoms with van der Waals surface area (Å²) in [6, 6.07) is 14.6. The third-order valence-electron chi connectivity index (χ3n) is 4.03. The Morgan fingerprint density at radius 1 is 1.05 bits per heavy atom. The molecule has 0 saturated heterocycles. The number of rotatable bonds is 2. The maximum absolute atomic E-state index is 3.81. The predicted octanol–water partition coefficient (Wildman–Crippen LogP) is 6.57. The highest BCUT2D eigenvalue weighted by Crippen LogP contribution is 2.31. The van der Waals surface area contributed by atoms with Crippen LogP contribution in [0.15, 0.2) is 85.5 Å². The topological polar surface area (TPSA) is 0 Å². The van der Waals surface area contributed by atoms with Gasteiger partial charge in [0.15, 0.2) is 0 Å².